The predicted molar refractivity (Wildman–Crippen MR) is 63.1 cm³/mol. The second kappa shape index (κ2) is 7.01. The van der Waals surface area contributed by atoms with Gasteiger partial charge < -0.3 is 9.47 Å². The summed E-state index contributed by atoms with van der Waals surface area (Å²) in [4.78, 5) is 11.3. The van der Waals surface area contributed by atoms with E-state index in [4.69, 9.17) is 9.47 Å². The lowest BCUT2D eigenvalue weighted by Crippen LogP contribution is -2.05. The second-order valence-corrected chi connectivity index (χ2v) is 3.45. The summed E-state index contributed by atoms with van der Waals surface area (Å²) in [5.74, 6) is 0.687. The molecule has 0 N–H and O–H groups in total. The third-order valence-corrected chi connectivity index (χ3v) is 2.16. The first-order chi connectivity index (χ1) is 7.75. The van der Waals surface area contributed by atoms with Crippen LogP contribution in [-0.4, -0.2) is 25.6 Å². The minimum atomic E-state index is 0.0282. The van der Waals surface area contributed by atoms with Crippen LogP contribution in [0.3, 0.4) is 0 Å². The zero-order valence-electron chi connectivity index (χ0n) is 9.86. The van der Waals surface area contributed by atoms with E-state index < -0.39 is 0 Å². The Hall–Kier alpha value is -1.35. The van der Waals surface area contributed by atoms with Gasteiger partial charge in [-0.15, -0.1) is 0 Å². The molecule has 1 rings (SSSR count). The van der Waals surface area contributed by atoms with Crippen LogP contribution in [-0.2, 0) is 4.74 Å². The highest BCUT2D eigenvalue weighted by Gasteiger charge is 2.06. The van der Waals surface area contributed by atoms with Crippen LogP contribution in [0.15, 0.2) is 24.3 Å². The topological polar surface area (TPSA) is 35.5 Å². The summed E-state index contributed by atoms with van der Waals surface area (Å²) in [6.45, 7) is 5.50. The van der Waals surface area contributed by atoms with E-state index in [0.29, 0.717) is 24.5 Å². The van der Waals surface area contributed by atoms with Crippen LogP contribution < -0.4 is 4.74 Å². The lowest BCUT2D eigenvalue weighted by Gasteiger charge is -2.09. The molecule has 0 atom stereocenters. The smallest absolute Gasteiger partial charge is 0.163 e. The lowest BCUT2D eigenvalue weighted by atomic mass is 10.1. The molecule has 1 aromatic rings. The highest BCUT2D eigenvalue weighted by Crippen LogP contribution is 2.18. The largest absolute Gasteiger partial charge is 0.493 e. The molecule has 0 fully saturated rings. The fourth-order valence-corrected chi connectivity index (χ4v) is 1.37. The van der Waals surface area contributed by atoms with Gasteiger partial charge in [0.15, 0.2) is 5.78 Å². The molecule has 3 heteroatoms. The molecule has 0 bridgehead atoms. The summed E-state index contributed by atoms with van der Waals surface area (Å²) in [5, 5.41) is 0. The van der Waals surface area contributed by atoms with E-state index in [1.54, 1.807) is 13.0 Å². The normalized spacial score (nSPS) is 10.1. The Morgan fingerprint density at radius 2 is 2.00 bits per heavy atom. The number of para-hydroxylation sites is 1. The van der Waals surface area contributed by atoms with Crippen molar-refractivity contribution in [2.24, 2.45) is 0 Å². The van der Waals surface area contributed by atoms with E-state index in [1.807, 2.05) is 25.1 Å². The highest BCUT2D eigenvalue weighted by atomic mass is 16.5. The van der Waals surface area contributed by atoms with Crippen LogP contribution in [0.4, 0.5) is 0 Å². The van der Waals surface area contributed by atoms with Crippen LogP contribution in [0.5, 0.6) is 5.75 Å². The Morgan fingerprint density at radius 3 is 2.69 bits per heavy atom. The van der Waals surface area contributed by atoms with Crippen molar-refractivity contribution in [1.29, 1.82) is 0 Å². The molecule has 0 amide bonds. The number of carbonyl (C=O) groups excluding carboxylic acids is 1. The van der Waals surface area contributed by atoms with Crippen molar-refractivity contribution < 1.29 is 14.3 Å². The monoisotopic (exact) mass is 222 g/mol. The van der Waals surface area contributed by atoms with Crippen LogP contribution in [0, 0.1) is 0 Å². The first-order valence-corrected chi connectivity index (χ1v) is 5.56. The van der Waals surface area contributed by atoms with Gasteiger partial charge in [0.2, 0.25) is 0 Å². The predicted octanol–water partition coefficient (Wildman–Crippen LogP) is 2.69. The minimum absolute atomic E-state index is 0.0282. The van der Waals surface area contributed by atoms with Crippen molar-refractivity contribution in [1.82, 2.24) is 0 Å². The highest BCUT2D eigenvalue weighted by molar-refractivity contribution is 5.96. The summed E-state index contributed by atoms with van der Waals surface area (Å²) >= 11 is 0. The molecule has 16 heavy (non-hydrogen) atoms. The molecule has 0 aliphatic carbocycles. The summed E-state index contributed by atoms with van der Waals surface area (Å²) in [6, 6.07) is 7.30. The van der Waals surface area contributed by atoms with Gasteiger partial charge in [-0.25, -0.2) is 0 Å². The number of hydrogen-bond donors (Lipinski definition) is 0. The first kappa shape index (κ1) is 12.7. The average Bonchev–Trinajstić information content (AvgIpc) is 2.29. The summed E-state index contributed by atoms with van der Waals surface area (Å²) in [7, 11) is 0. The minimum Gasteiger partial charge on any atom is -0.493 e. The maximum Gasteiger partial charge on any atom is 0.163 e. The molecule has 88 valence electrons. The van der Waals surface area contributed by atoms with Gasteiger partial charge in [0.05, 0.1) is 12.2 Å². The van der Waals surface area contributed by atoms with Crippen LogP contribution in [0.2, 0.25) is 0 Å². The van der Waals surface area contributed by atoms with Gasteiger partial charge in [0.1, 0.15) is 5.75 Å². The maximum atomic E-state index is 11.3. The molecule has 0 aromatic heterocycles. The van der Waals surface area contributed by atoms with Gasteiger partial charge in [-0.3, -0.25) is 4.79 Å². The molecule has 1 aromatic carbocycles. The Labute approximate surface area is 96.4 Å². The molecule has 0 saturated heterocycles. The van der Waals surface area contributed by atoms with Crippen LogP contribution in [0.1, 0.15) is 30.6 Å². The first-order valence-electron chi connectivity index (χ1n) is 5.56. The average molecular weight is 222 g/mol. The van der Waals surface area contributed by atoms with Gasteiger partial charge in [-0.05, 0) is 26.0 Å². The van der Waals surface area contributed by atoms with Gasteiger partial charge in [0.25, 0.3) is 0 Å². The van der Waals surface area contributed by atoms with Crippen molar-refractivity contribution in [3.05, 3.63) is 29.8 Å². The Bertz CT molecular complexity index is 334. The van der Waals surface area contributed by atoms with Gasteiger partial charge >= 0.3 is 0 Å². The van der Waals surface area contributed by atoms with Crippen molar-refractivity contribution in [2.75, 3.05) is 19.8 Å². The maximum absolute atomic E-state index is 11.3. The zero-order valence-corrected chi connectivity index (χ0v) is 9.86. The molecule has 0 unspecified atom stereocenters. The standard InChI is InChI=1S/C13H18O3/c1-3-15-9-6-10-16-13-8-5-4-7-12(13)11(2)14/h4-5,7-8H,3,6,9-10H2,1-2H3. The summed E-state index contributed by atoms with van der Waals surface area (Å²) in [6.07, 6.45) is 0.833. The number of ketones is 1. The SMILES string of the molecule is CCOCCCOc1ccccc1C(C)=O. The molecule has 0 radical (unpaired) electrons. The number of Topliss-reactive ketones (excluding diaryl/α,β-unsaturated/α-hetero) is 1. The van der Waals surface area contributed by atoms with E-state index in [-0.39, 0.29) is 5.78 Å². The van der Waals surface area contributed by atoms with Crippen LogP contribution >= 0.6 is 0 Å². The fraction of sp³-hybridized carbons (Fsp3) is 0.462. The van der Waals surface area contributed by atoms with E-state index in [1.165, 1.54) is 0 Å². The van der Waals surface area contributed by atoms with E-state index >= 15 is 0 Å². The molecule has 3 nitrogen and oxygen atoms in total. The Kier molecular flexibility index (Phi) is 5.57. The third-order valence-electron chi connectivity index (χ3n) is 2.16. The van der Waals surface area contributed by atoms with E-state index in [2.05, 4.69) is 0 Å². The van der Waals surface area contributed by atoms with Crippen molar-refractivity contribution in [3.8, 4) is 5.75 Å². The molecular formula is C13H18O3. The fourth-order valence-electron chi connectivity index (χ4n) is 1.37. The summed E-state index contributed by atoms with van der Waals surface area (Å²) in [5.41, 5.74) is 0.638. The lowest BCUT2D eigenvalue weighted by molar-refractivity contribution is 0.101. The molecule has 0 aliphatic heterocycles. The van der Waals surface area contributed by atoms with Gasteiger partial charge in [-0.1, -0.05) is 12.1 Å². The number of ether oxygens (including phenoxy) is 2. The third kappa shape index (κ3) is 4.03. The zero-order chi connectivity index (χ0) is 11.8. The molecule has 0 aliphatic rings. The molecule has 0 heterocycles. The van der Waals surface area contributed by atoms with Gasteiger partial charge in [-0.2, -0.15) is 0 Å². The van der Waals surface area contributed by atoms with Crippen molar-refractivity contribution >= 4 is 5.78 Å². The number of rotatable bonds is 7. The van der Waals surface area contributed by atoms with Crippen molar-refractivity contribution in [3.63, 3.8) is 0 Å². The number of benzene rings is 1. The summed E-state index contributed by atoms with van der Waals surface area (Å²) < 4.78 is 10.7. The second-order valence-electron chi connectivity index (χ2n) is 3.45. The quantitative estimate of drug-likeness (QED) is 0.525. The Morgan fingerprint density at radius 1 is 1.25 bits per heavy atom. The molecular weight excluding hydrogens is 204 g/mol. The number of hydrogen-bond acceptors (Lipinski definition) is 3. The molecule has 0 saturated carbocycles. The van der Waals surface area contributed by atoms with Crippen molar-refractivity contribution in [2.45, 2.75) is 20.3 Å². The van der Waals surface area contributed by atoms with Gasteiger partial charge in [0, 0.05) is 19.6 Å². The van der Waals surface area contributed by atoms with E-state index in [9.17, 15) is 4.79 Å². The van der Waals surface area contributed by atoms with Crippen LogP contribution in [0.25, 0.3) is 0 Å². The number of carbonyl (C=O) groups is 1. The van der Waals surface area contributed by atoms with E-state index in [0.717, 1.165) is 13.0 Å². The molecule has 0 spiro atoms. The Balaban J connectivity index is 2.44.